The smallest absolute Gasteiger partial charge is 0.301 e. The fourth-order valence-electron chi connectivity index (χ4n) is 1.79. The normalized spacial score (nSPS) is 12.4. The van der Waals surface area contributed by atoms with E-state index in [1.54, 1.807) is 6.92 Å². The molecule has 0 aromatic heterocycles. The van der Waals surface area contributed by atoms with Crippen LogP contribution in [0.1, 0.15) is 71.6 Å². The molecule has 96 valence electrons. The second-order valence-electron chi connectivity index (χ2n) is 4.57. The molecule has 0 saturated carbocycles. The zero-order valence-electron chi connectivity index (χ0n) is 10.7. The molecule has 0 aromatic rings. The molecule has 0 radical (unpaired) electrons. The van der Waals surface area contributed by atoms with Crippen molar-refractivity contribution in [3.63, 3.8) is 0 Å². The number of hydrogen-bond donors (Lipinski definition) is 1. The molecule has 3 heteroatoms. The summed E-state index contributed by atoms with van der Waals surface area (Å²) in [5, 5.41) is 8.18. The van der Waals surface area contributed by atoms with E-state index in [2.05, 4.69) is 11.8 Å². The van der Waals surface area contributed by atoms with Crippen molar-refractivity contribution in [1.82, 2.24) is 0 Å². The molecule has 0 aliphatic carbocycles. The van der Waals surface area contributed by atoms with Gasteiger partial charge < -0.3 is 4.89 Å². The van der Waals surface area contributed by atoms with E-state index in [1.807, 2.05) is 0 Å². The lowest BCUT2D eigenvalue weighted by Gasteiger charge is -2.06. The van der Waals surface area contributed by atoms with Gasteiger partial charge in [0, 0.05) is 0 Å². The predicted octanol–water partition coefficient (Wildman–Crippen LogP) is 4.17. The van der Waals surface area contributed by atoms with Crippen LogP contribution < -0.4 is 0 Å². The first-order valence-corrected chi connectivity index (χ1v) is 6.57. The fraction of sp³-hybridized carbons (Fsp3) is 0.923. The maximum absolute atomic E-state index is 10.9. The summed E-state index contributed by atoms with van der Waals surface area (Å²) in [5.41, 5.74) is 0. The highest BCUT2D eigenvalue weighted by Crippen LogP contribution is 2.13. The van der Waals surface area contributed by atoms with Crippen molar-refractivity contribution < 1.29 is 14.9 Å². The van der Waals surface area contributed by atoms with Gasteiger partial charge in [-0.1, -0.05) is 65.2 Å². The highest BCUT2D eigenvalue weighted by atomic mass is 17.1. The maximum Gasteiger partial charge on any atom is 0.344 e. The molecule has 0 bridgehead atoms. The molecule has 1 unspecified atom stereocenters. The van der Waals surface area contributed by atoms with E-state index >= 15 is 0 Å². The molecule has 0 saturated heterocycles. The third kappa shape index (κ3) is 8.72. The van der Waals surface area contributed by atoms with Crippen LogP contribution >= 0.6 is 0 Å². The van der Waals surface area contributed by atoms with Gasteiger partial charge in [-0.3, -0.25) is 0 Å². The Morgan fingerprint density at radius 1 is 1.06 bits per heavy atom. The van der Waals surface area contributed by atoms with Crippen LogP contribution in [-0.4, -0.2) is 11.2 Å². The number of carbonyl (C=O) groups is 1. The topological polar surface area (TPSA) is 46.5 Å². The summed E-state index contributed by atoms with van der Waals surface area (Å²) >= 11 is 0. The molecule has 0 fully saturated rings. The van der Waals surface area contributed by atoms with E-state index in [0.717, 1.165) is 12.8 Å². The van der Waals surface area contributed by atoms with Crippen LogP contribution in [0.5, 0.6) is 0 Å². The second-order valence-corrected chi connectivity index (χ2v) is 4.57. The largest absolute Gasteiger partial charge is 0.344 e. The molecule has 1 N–H and O–H groups in total. The maximum atomic E-state index is 10.9. The summed E-state index contributed by atoms with van der Waals surface area (Å²) in [6, 6.07) is 0. The van der Waals surface area contributed by atoms with E-state index in [0.29, 0.717) is 0 Å². The summed E-state index contributed by atoms with van der Waals surface area (Å²) < 4.78 is 0. The van der Waals surface area contributed by atoms with Gasteiger partial charge in [0.05, 0.1) is 5.92 Å². The van der Waals surface area contributed by atoms with E-state index in [4.69, 9.17) is 5.26 Å². The van der Waals surface area contributed by atoms with Crippen molar-refractivity contribution in [2.45, 2.75) is 71.6 Å². The third-order valence-corrected chi connectivity index (χ3v) is 2.98. The molecule has 0 aliphatic rings. The number of carbonyl (C=O) groups excluding carboxylic acids is 1. The Bertz CT molecular complexity index is 169. The van der Waals surface area contributed by atoms with Crippen LogP contribution in [0.3, 0.4) is 0 Å². The lowest BCUT2D eigenvalue weighted by Crippen LogP contribution is -2.12. The molecule has 0 aliphatic heterocycles. The lowest BCUT2D eigenvalue weighted by molar-refractivity contribution is -0.238. The van der Waals surface area contributed by atoms with Crippen molar-refractivity contribution in [1.29, 1.82) is 0 Å². The SMILES string of the molecule is CCCCCCCCCCC(C)C(=O)OO. The Kier molecular flexibility index (Phi) is 10.5. The zero-order chi connectivity index (χ0) is 12.2. The number of hydrogen-bond acceptors (Lipinski definition) is 3. The Balaban J connectivity index is 3.17. The first-order chi connectivity index (χ1) is 7.72. The minimum absolute atomic E-state index is 0.176. The lowest BCUT2D eigenvalue weighted by atomic mass is 10.0. The van der Waals surface area contributed by atoms with Gasteiger partial charge in [0.15, 0.2) is 0 Å². The van der Waals surface area contributed by atoms with Gasteiger partial charge in [0.25, 0.3) is 0 Å². The van der Waals surface area contributed by atoms with Crippen molar-refractivity contribution in [2.75, 3.05) is 0 Å². The monoisotopic (exact) mass is 230 g/mol. The average Bonchev–Trinajstić information content (AvgIpc) is 2.31. The van der Waals surface area contributed by atoms with Crippen molar-refractivity contribution in [3.05, 3.63) is 0 Å². The van der Waals surface area contributed by atoms with Gasteiger partial charge in [-0.25, -0.2) is 4.79 Å². The number of unbranched alkanes of at least 4 members (excludes halogenated alkanes) is 7. The van der Waals surface area contributed by atoms with E-state index < -0.39 is 5.97 Å². The van der Waals surface area contributed by atoms with Crippen molar-refractivity contribution in [2.24, 2.45) is 5.92 Å². The molecule has 0 aromatic carbocycles. The molecular formula is C13H26O3. The molecular weight excluding hydrogens is 204 g/mol. The van der Waals surface area contributed by atoms with E-state index in [-0.39, 0.29) is 5.92 Å². The Hall–Kier alpha value is -0.570. The van der Waals surface area contributed by atoms with Gasteiger partial charge in [-0.05, 0) is 6.42 Å². The van der Waals surface area contributed by atoms with Crippen LogP contribution in [0.4, 0.5) is 0 Å². The molecule has 0 amide bonds. The highest BCUT2D eigenvalue weighted by Gasteiger charge is 2.13. The van der Waals surface area contributed by atoms with Gasteiger partial charge in [-0.2, -0.15) is 5.26 Å². The Morgan fingerprint density at radius 2 is 1.56 bits per heavy atom. The van der Waals surface area contributed by atoms with Crippen LogP contribution in [0, 0.1) is 5.92 Å². The first kappa shape index (κ1) is 15.4. The molecule has 0 spiro atoms. The predicted molar refractivity (Wildman–Crippen MR) is 65.1 cm³/mol. The van der Waals surface area contributed by atoms with Gasteiger partial charge in [0.1, 0.15) is 0 Å². The third-order valence-electron chi connectivity index (χ3n) is 2.98. The second kappa shape index (κ2) is 10.9. The fourth-order valence-corrected chi connectivity index (χ4v) is 1.79. The summed E-state index contributed by atoms with van der Waals surface area (Å²) in [6.45, 7) is 4.02. The van der Waals surface area contributed by atoms with Crippen molar-refractivity contribution in [3.8, 4) is 0 Å². The van der Waals surface area contributed by atoms with Gasteiger partial charge in [-0.15, -0.1) is 0 Å². The highest BCUT2D eigenvalue weighted by molar-refractivity contribution is 5.71. The summed E-state index contributed by atoms with van der Waals surface area (Å²) in [5.74, 6) is -0.687. The molecule has 3 nitrogen and oxygen atoms in total. The Labute approximate surface area is 99.1 Å². The quantitative estimate of drug-likeness (QED) is 0.348. The van der Waals surface area contributed by atoms with Crippen LogP contribution in [-0.2, 0) is 9.68 Å². The Morgan fingerprint density at radius 3 is 2.06 bits per heavy atom. The van der Waals surface area contributed by atoms with Crippen LogP contribution in [0.25, 0.3) is 0 Å². The molecule has 0 rings (SSSR count). The molecule has 1 atom stereocenters. The summed E-state index contributed by atoms with van der Waals surface area (Å²) in [7, 11) is 0. The van der Waals surface area contributed by atoms with Gasteiger partial charge in [0.2, 0.25) is 0 Å². The van der Waals surface area contributed by atoms with Crippen LogP contribution in [0.2, 0.25) is 0 Å². The summed E-state index contributed by atoms with van der Waals surface area (Å²) in [6.07, 6.45) is 10.9. The minimum Gasteiger partial charge on any atom is -0.301 e. The standard InChI is InChI=1S/C13H26O3/c1-3-4-5-6-7-8-9-10-11-12(2)13(14)16-15/h12,15H,3-11H2,1-2H3. The first-order valence-electron chi connectivity index (χ1n) is 6.57. The minimum atomic E-state index is -0.511. The van der Waals surface area contributed by atoms with Crippen molar-refractivity contribution >= 4 is 5.97 Å². The molecule has 16 heavy (non-hydrogen) atoms. The van der Waals surface area contributed by atoms with Crippen LogP contribution in [0.15, 0.2) is 0 Å². The summed E-state index contributed by atoms with van der Waals surface area (Å²) in [4.78, 5) is 14.6. The zero-order valence-corrected chi connectivity index (χ0v) is 10.7. The average molecular weight is 230 g/mol. The van der Waals surface area contributed by atoms with E-state index in [1.165, 1.54) is 44.9 Å². The number of rotatable bonds is 10. The van der Waals surface area contributed by atoms with E-state index in [9.17, 15) is 4.79 Å². The molecule has 0 heterocycles. The van der Waals surface area contributed by atoms with Gasteiger partial charge >= 0.3 is 5.97 Å².